The first kappa shape index (κ1) is 11.9. The molecular weight excluding hydrogens is 218 g/mol. The Balaban J connectivity index is 1.95. The zero-order valence-electron chi connectivity index (χ0n) is 9.94. The van der Waals surface area contributed by atoms with Crippen LogP contribution in [0.3, 0.4) is 0 Å². The number of nitrogens with zero attached hydrogens (tertiary/aromatic N) is 2. The van der Waals surface area contributed by atoms with Gasteiger partial charge in [-0.05, 0) is 31.9 Å². The minimum absolute atomic E-state index is 0.639. The van der Waals surface area contributed by atoms with Crippen LogP contribution in [0.1, 0.15) is 31.7 Å². The van der Waals surface area contributed by atoms with Crippen molar-refractivity contribution in [1.82, 2.24) is 15.3 Å². The molecule has 2 unspecified atom stereocenters. The van der Waals surface area contributed by atoms with Crippen LogP contribution in [0.4, 0.5) is 0 Å². The van der Waals surface area contributed by atoms with Gasteiger partial charge in [0, 0.05) is 23.7 Å². The minimum Gasteiger partial charge on any atom is -0.313 e. The Morgan fingerprint density at radius 1 is 1.38 bits per heavy atom. The molecule has 0 saturated heterocycles. The first-order valence-electron chi connectivity index (χ1n) is 5.98. The lowest BCUT2D eigenvalue weighted by molar-refractivity contribution is 0.550. The van der Waals surface area contributed by atoms with Crippen molar-refractivity contribution in [3.8, 4) is 0 Å². The van der Waals surface area contributed by atoms with Crippen LogP contribution in [0, 0.1) is 6.92 Å². The van der Waals surface area contributed by atoms with Gasteiger partial charge in [0.05, 0.1) is 0 Å². The molecule has 0 amide bonds. The maximum absolute atomic E-state index is 4.36. The van der Waals surface area contributed by atoms with E-state index in [0.29, 0.717) is 11.3 Å². The number of aryl methyl sites for hydroxylation is 1. The molecule has 1 aliphatic carbocycles. The van der Waals surface area contributed by atoms with Crippen LogP contribution < -0.4 is 5.32 Å². The number of hydrogen-bond donors (Lipinski definition) is 1. The molecule has 88 valence electrons. The van der Waals surface area contributed by atoms with Gasteiger partial charge in [0.1, 0.15) is 0 Å². The Kier molecular flexibility index (Phi) is 4.18. The highest BCUT2D eigenvalue weighted by Crippen LogP contribution is 2.33. The zero-order valence-corrected chi connectivity index (χ0v) is 10.8. The topological polar surface area (TPSA) is 37.8 Å². The quantitative estimate of drug-likeness (QED) is 0.816. The van der Waals surface area contributed by atoms with E-state index in [2.05, 4.69) is 22.2 Å². The predicted octanol–water partition coefficient (Wildman–Crippen LogP) is 2.41. The maximum atomic E-state index is 4.36. The van der Waals surface area contributed by atoms with E-state index >= 15 is 0 Å². The van der Waals surface area contributed by atoms with Gasteiger partial charge in [-0.15, -0.1) is 0 Å². The van der Waals surface area contributed by atoms with Gasteiger partial charge < -0.3 is 5.32 Å². The third-order valence-corrected chi connectivity index (χ3v) is 4.22. The lowest BCUT2D eigenvalue weighted by Crippen LogP contribution is -2.33. The van der Waals surface area contributed by atoms with Gasteiger partial charge in [-0.3, -0.25) is 0 Å². The van der Waals surface area contributed by atoms with Crippen LogP contribution in [0.5, 0.6) is 0 Å². The Labute approximate surface area is 101 Å². The number of thioether (sulfide) groups is 1. The van der Waals surface area contributed by atoms with E-state index in [9.17, 15) is 0 Å². The summed E-state index contributed by atoms with van der Waals surface area (Å²) < 4.78 is 0. The summed E-state index contributed by atoms with van der Waals surface area (Å²) in [4.78, 5) is 8.72. The number of aromatic nitrogens is 2. The summed E-state index contributed by atoms with van der Waals surface area (Å²) in [6, 6.07) is 0.639. The summed E-state index contributed by atoms with van der Waals surface area (Å²) in [5.41, 5.74) is 1.12. The molecular formula is C12H19N3S. The lowest BCUT2D eigenvalue weighted by atomic mass is 10.2. The molecule has 1 saturated carbocycles. The molecule has 0 aliphatic heterocycles. The van der Waals surface area contributed by atoms with Crippen LogP contribution in [-0.2, 0) is 0 Å². The third-order valence-electron chi connectivity index (χ3n) is 2.93. The minimum atomic E-state index is 0.639. The van der Waals surface area contributed by atoms with Crippen molar-refractivity contribution in [3.63, 3.8) is 0 Å². The second kappa shape index (κ2) is 5.64. The Hall–Kier alpha value is -0.610. The first-order valence-corrected chi connectivity index (χ1v) is 6.86. The second-order valence-electron chi connectivity index (χ2n) is 4.29. The Bertz CT molecular complexity index is 326. The van der Waals surface area contributed by atoms with E-state index in [1.54, 1.807) is 0 Å². The highest BCUT2D eigenvalue weighted by Gasteiger charge is 2.27. The molecule has 2 rings (SSSR count). The van der Waals surface area contributed by atoms with E-state index < -0.39 is 0 Å². The molecule has 2 atom stereocenters. The van der Waals surface area contributed by atoms with Crippen molar-refractivity contribution in [1.29, 1.82) is 0 Å². The van der Waals surface area contributed by atoms with Gasteiger partial charge in [0.15, 0.2) is 5.16 Å². The van der Waals surface area contributed by atoms with E-state index in [1.165, 1.54) is 19.3 Å². The van der Waals surface area contributed by atoms with Crippen LogP contribution in [0.2, 0.25) is 0 Å². The molecule has 0 bridgehead atoms. The maximum Gasteiger partial charge on any atom is 0.187 e. The van der Waals surface area contributed by atoms with Crippen molar-refractivity contribution in [2.24, 2.45) is 0 Å². The average molecular weight is 237 g/mol. The smallest absolute Gasteiger partial charge is 0.187 e. The monoisotopic (exact) mass is 237 g/mol. The molecule has 0 radical (unpaired) electrons. The van der Waals surface area contributed by atoms with Gasteiger partial charge in [-0.2, -0.15) is 0 Å². The van der Waals surface area contributed by atoms with E-state index in [-0.39, 0.29) is 0 Å². The molecule has 1 aromatic heterocycles. The zero-order chi connectivity index (χ0) is 11.4. The average Bonchev–Trinajstić information content (AvgIpc) is 2.70. The van der Waals surface area contributed by atoms with Crippen molar-refractivity contribution in [2.45, 2.75) is 49.6 Å². The Morgan fingerprint density at radius 3 is 2.81 bits per heavy atom. The second-order valence-corrected chi connectivity index (χ2v) is 5.50. The molecule has 3 nitrogen and oxygen atoms in total. The summed E-state index contributed by atoms with van der Waals surface area (Å²) >= 11 is 1.82. The summed E-state index contributed by atoms with van der Waals surface area (Å²) in [5.74, 6) is 0. The van der Waals surface area contributed by atoms with Crippen LogP contribution >= 0.6 is 11.8 Å². The van der Waals surface area contributed by atoms with Gasteiger partial charge in [0.2, 0.25) is 0 Å². The first-order chi connectivity index (χ1) is 7.79. The molecule has 1 aliphatic rings. The van der Waals surface area contributed by atoms with Gasteiger partial charge >= 0.3 is 0 Å². The largest absolute Gasteiger partial charge is 0.313 e. The molecule has 0 spiro atoms. The van der Waals surface area contributed by atoms with Gasteiger partial charge in [0.25, 0.3) is 0 Å². The molecule has 4 heteroatoms. The van der Waals surface area contributed by atoms with Crippen LogP contribution in [0.15, 0.2) is 17.6 Å². The number of nitrogens with one attached hydrogen (secondary N) is 1. The molecule has 1 heterocycles. The van der Waals surface area contributed by atoms with Crippen LogP contribution in [-0.4, -0.2) is 27.8 Å². The SMILES string of the molecule is CCNC1CCCC1Sc1ncc(C)cn1. The van der Waals surface area contributed by atoms with Crippen LogP contribution in [0.25, 0.3) is 0 Å². The fourth-order valence-corrected chi connectivity index (χ4v) is 3.32. The molecule has 1 N–H and O–H groups in total. The standard InChI is InChI=1S/C12H19N3S/c1-3-13-10-5-4-6-11(10)16-12-14-7-9(2)8-15-12/h7-8,10-11,13H,3-6H2,1-2H3. The molecule has 0 aromatic carbocycles. The van der Waals surface area contributed by atoms with Gasteiger partial charge in [-0.25, -0.2) is 9.97 Å². The normalized spacial score (nSPS) is 24.9. The fraction of sp³-hybridized carbons (Fsp3) is 0.667. The number of rotatable bonds is 4. The van der Waals surface area contributed by atoms with E-state index in [4.69, 9.17) is 0 Å². The third kappa shape index (κ3) is 2.95. The molecule has 1 fully saturated rings. The Morgan fingerprint density at radius 2 is 2.12 bits per heavy atom. The van der Waals surface area contributed by atoms with Crippen molar-refractivity contribution in [3.05, 3.63) is 18.0 Å². The van der Waals surface area contributed by atoms with Crippen molar-refractivity contribution < 1.29 is 0 Å². The highest BCUT2D eigenvalue weighted by atomic mass is 32.2. The number of hydrogen-bond acceptors (Lipinski definition) is 4. The summed E-state index contributed by atoms with van der Waals surface area (Å²) in [6.07, 6.45) is 7.68. The van der Waals surface area contributed by atoms with Crippen molar-refractivity contribution in [2.75, 3.05) is 6.54 Å². The van der Waals surface area contributed by atoms with E-state index in [0.717, 1.165) is 17.3 Å². The summed E-state index contributed by atoms with van der Waals surface area (Å²) in [7, 11) is 0. The lowest BCUT2D eigenvalue weighted by Gasteiger charge is -2.18. The molecule has 1 aromatic rings. The van der Waals surface area contributed by atoms with E-state index in [1.807, 2.05) is 31.1 Å². The van der Waals surface area contributed by atoms with Crippen molar-refractivity contribution >= 4 is 11.8 Å². The fourth-order valence-electron chi connectivity index (χ4n) is 2.14. The summed E-state index contributed by atoms with van der Waals surface area (Å²) in [6.45, 7) is 5.24. The predicted molar refractivity (Wildman–Crippen MR) is 67.7 cm³/mol. The summed E-state index contributed by atoms with van der Waals surface area (Å²) in [5, 5.41) is 5.11. The van der Waals surface area contributed by atoms with Gasteiger partial charge in [-0.1, -0.05) is 25.1 Å². The highest BCUT2D eigenvalue weighted by molar-refractivity contribution is 7.99. The molecule has 16 heavy (non-hydrogen) atoms.